The smallest absolute Gasteiger partial charge is 0.195 e. The number of hydrogen-bond donors (Lipinski definition) is 1. The Kier molecular flexibility index (Phi) is 7.91. The Morgan fingerprint density at radius 2 is 1.89 bits per heavy atom. The number of halogens is 2. The van der Waals surface area contributed by atoms with Gasteiger partial charge in [0.1, 0.15) is 13.2 Å². The molecule has 0 atom stereocenters. The summed E-state index contributed by atoms with van der Waals surface area (Å²) < 4.78 is 7.10. The molecule has 2 N–H and O–H groups in total. The van der Waals surface area contributed by atoms with Crippen LogP contribution in [0.3, 0.4) is 0 Å². The molecule has 1 aromatic heterocycles. The molecule has 0 aliphatic carbocycles. The number of nitrogens with zero attached hydrogens (tertiary/aromatic N) is 3. The molecule has 1 heterocycles. The Hall–Kier alpha value is -2.50. The number of aromatic nitrogens is 3. The van der Waals surface area contributed by atoms with E-state index >= 15 is 0 Å². The minimum atomic E-state index is -0.166. The quantitative estimate of drug-likeness (QED) is 0.331. The van der Waals surface area contributed by atoms with Crippen molar-refractivity contribution in [3.8, 4) is 18.0 Å². The molecule has 2 aromatic carbocycles. The summed E-state index contributed by atoms with van der Waals surface area (Å²) in [5.41, 5.74) is 7.36. The van der Waals surface area contributed by atoms with E-state index in [1.54, 1.807) is 47.0 Å². The second kappa shape index (κ2) is 10.2. The average Bonchev–Trinajstić information content (AvgIpc) is 3.11. The molecule has 0 spiro atoms. The van der Waals surface area contributed by atoms with Crippen LogP contribution in [0.4, 0.5) is 0 Å². The second-order valence-corrected chi connectivity index (χ2v) is 6.06. The van der Waals surface area contributed by atoms with Crippen molar-refractivity contribution < 1.29 is 9.53 Å². The fourth-order valence-electron chi connectivity index (χ4n) is 2.69. The summed E-state index contributed by atoms with van der Waals surface area (Å²) in [7, 11) is 0. The summed E-state index contributed by atoms with van der Waals surface area (Å²) in [5, 5.41) is 8.67. The predicted molar refractivity (Wildman–Crippen MR) is 113 cm³/mol. The molecule has 6 nitrogen and oxygen atoms in total. The van der Waals surface area contributed by atoms with Gasteiger partial charge in [0.05, 0.1) is 12.2 Å². The molecule has 0 saturated carbocycles. The van der Waals surface area contributed by atoms with Crippen LogP contribution in [0.5, 0.6) is 0 Å². The summed E-state index contributed by atoms with van der Waals surface area (Å²) in [6.45, 7) is 0.420. The van der Waals surface area contributed by atoms with Crippen LogP contribution in [0, 0.1) is 12.3 Å². The number of nitrogens with two attached hydrogens (primary N) is 1. The third-order valence-electron chi connectivity index (χ3n) is 3.88. The number of benzene rings is 2. The van der Waals surface area contributed by atoms with Gasteiger partial charge in [-0.3, -0.25) is 9.36 Å². The van der Waals surface area contributed by atoms with Gasteiger partial charge in [-0.1, -0.05) is 47.9 Å². The highest BCUT2D eigenvalue weighted by Crippen LogP contribution is 2.25. The summed E-state index contributed by atoms with van der Waals surface area (Å²) in [6, 6.07) is 14.0. The van der Waals surface area contributed by atoms with Crippen molar-refractivity contribution in [3.05, 3.63) is 76.3 Å². The standard InChI is InChI=1S/C20H17ClN4O2.BrH/c1-2-10-27-13-19-24-23-18(12-22)25(19)17-9-8-15(21)11-16(17)20(26)14-6-4-3-5-7-14;/h1,3-9,11H,10,12-13,22H2;1H. The zero-order valence-corrected chi connectivity index (χ0v) is 17.3. The van der Waals surface area contributed by atoms with E-state index in [1.807, 2.05) is 6.07 Å². The number of terminal acetylenes is 1. The Labute approximate surface area is 178 Å². The lowest BCUT2D eigenvalue weighted by Crippen LogP contribution is -2.14. The van der Waals surface area contributed by atoms with Crippen LogP contribution in [0.1, 0.15) is 27.6 Å². The fourth-order valence-corrected chi connectivity index (χ4v) is 2.86. The molecule has 0 aliphatic rings. The van der Waals surface area contributed by atoms with Gasteiger partial charge in [-0.2, -0.15) is 0 Å². The Balaban J connectivity index is 0.00000280. The van der Waals surface area contributed by atoms with E-state index in [4.69, 9.17) is 28.5 Å². The van der Waals surface area contributed by atoms with Gasteiger partial charge >= 0.3 is 0 Å². The van der Waals surface area contributed by atoms with E-state index in [0.29, 0.717) is 33.5 Å². The number of carbonyl (C=O) groups is 1. The van der Waals surface area contributed by atoms with Gasteiger partial charge in [0.15, 0.2) is 17.4 Å². The van der Waals surface area contributed by atoms with Crippen molar-refractivity contribution in [2.24, 2.45) is 5.73 Å². The van der Waals surface area contributed by atoms with Crippen LogP contribution in [0.25, 0.3) is 5.69 Å². The van der Waals surface area contributed by atoms with Gasteiger partial charge in [-0.05, 0) is 18.2 Å². The van der Waals surface area contributed by atoms with Crippen molar-refractivity contribution in [2.45, 2.75) is 13.2 Å². The number of carbonyl (C=O) groups excluding carboxylic acids is 1. The molecule has 0 radical (unpaired) electrons. The number of ketones is 1. The van der Waals surface area contributed by atoms with E-state index < -0.39 is 0 Å². The molecule has 0 amide bonds. The first kappa shape index (κ1) is 21.8. The summed E-state index contributed by atoms with van der Waals surface area (Å²) in [4.78, 5) is 13.1. The molecule has 3 rings (SSSR count). The van der Waals surface area contributed by atoms with Crippen LogP contribution in [0.15, 0.2) is 48.5 Å². The first-order valence-electron chi connectivity index (χ1n) is 8.19. The minimum Gasteiger partial charge on any atom is -0.361 e. The zero-order chi connectivity index (χ0) is 19.2. The van der Waals surface area contributed by atoms with Crippen LogP contribution in [-0.2, 0) is 17.9 Å². The number of hydrogen-bond acceptors (Lipinski definition) is 5. The van der Waals surface area contributed by atoms with E-state index in [9.17, 15) is 4.79 Å². The molecule has 0 saturated heterocycles. The molecule has 0 bridgehead atoms. The fraction of sp³-hybridized carbons (Fsp3) is 0.150. The third kappa shape index (κ3) is 4.66. The molecule has 8 heteroatoms. The molecule has 28 heavy (non-hydrogen) atoms. The van der Waals surface area contributed by atoms with Gasteiger partial charge in [0, 0.05) is 16.1 Å². The second-order valence-electron chi connectivity index (χ2n) is 5.63. The Morgan fingerprint density at radius 3 is 2.57 bits per heavy atom. The van der Waals surface area contributed by atoms with Crippen LogP contribution in [0.2, 0.25) is 5.02 Å². The summed E-state index contributed by atoms with van der Waals surface area (Å²) >= 11 is 6.16. The Morgan fingerprint density at radius 1 is 1.18 bits per heavy atom. The highest BCUT2D eigenvalue weighted by atomic mass is 79.9. The van der Waals surface area contributed by atoms with Crippen LogP contribution < -0.4 is 5.73 Å². The van der Waals surface area contributed by atoms with Gasteiger partial charge < -0.3 is 10.5 Å². The molecule has 0 fully saturated rings. The predicted octanol–water partition coefficient (Wildman–Crippen LogP) is 3.34. The molecule has 0 unspecified atom stereocenters. The highest BCUT2D eigenvalue weighted by molar-refractivity contribution is 8.93. The molecular formula is C20H18BrClN4O2. The maximum absolute atomic E-state index is 13.1. The monoisotopic (exact) mass is 460 g/mol. The highest BCUT2D eigenvalue weighted by Gasteiger charge is 2.20. The number of rotatable bonds is 7. The lowest BCUT2D eigenvalue weighted by molar-refractivity contribution is 0.103. The van der Waals surface area contributed by atoms with Gasteiger partial charge in [-0.15, -0.1) is 33.6 Å². The average molecular weight is 462 g/mol. The zero-order valence-electron chi connectivity index (χ0n) is 14.8. The van der Waals surface area contributed by atoms with Gasteiger partial charge in [0.2, 0.25) is 0 Å². The first-order chi connectivity index (χ1) is 13.2. The van der Waals surface area contributed by atoms with Crippen molar-refractivity contribution >= 4 is 34.4 Å². The summed E-state index contributed by atoms with van der Waals surface area (Å²) in [5.74, 6) is 3.23. The topological polar surface area (TPSA) is 83.0 Å². The summed E-state index contributed by atoms with van der Waals surface area (Å²) in [6.07, 6.45) is 5.22. The van der Waals surface area contributed by atoms with E-state index in [1.165, 1.54) is 0 Å². The Bertz CT molecular complexity index is 999. The van der Waals surface area contributed by atoms with Crippen molar-refractivity contribution in [2.75, 3.05) is 6.61 Å². The SMILES string of the molecule is Br.C#CCOCc1nnc(CN)n1-c1ccc(Cl)cc1C(=O)c1ccccc1. The number of ether oxygens (including phenoxy) is 1. The molecular weight excluding hydrogens is 444 g/mol. The van der Waals surface area contributed by atoms with Crippen LogP contribution >= 0.6 is 28.6 Å². The third-order valence-corrected chi connectivity index (χ3v) is 4.11. The van der Waals surface area contributed by atoms with Crippen LogP contribution in [-0.4, -0.2) is 27.2 Å². The maximum atomic E-state index is 13.1. The largest absolute Gasteiger partial charge is 0.361 e. The normalized spacial score (nSPS) is 10.2. The van der Waals surface area contributed by atoms with E-state index in [0.717, 1.165) is 0 Å². The van der Waals surface area contributed by atoms with Crippen molar-refractivity contribution in [1.29, 1.82) is 0 Å². The molecule has 0 aliphatic heterocycles. The molecule has 144 valence electrons. The lowest BCUT2D eigenvalue weighted by Gasteiger charge is -2.14. The van der Waals surface area contributed by atoms with Crippen molar-refractivity contribution in [1.82, 2.24) is 14.8 Å². The maximum Gasteiger partial charge on any atom is 0.195 e. The molecule has 3 aromatic rings. The van der Waals surface area contributed by atoms with E-state index in [2.05, 4.69) is 16.1 Å². The van der Waals surface area contributed by atoms with Gasteiger partial charge in [-0.25, -0.2) is 0 Å². The minimum absolute atomic E-state index is 0. The first-order valence-corrected chi connectivity index (χ1v) is 8.57. The van der Waals surface area contributed by atoms with Gasteiger partial charge in [0.25, 0.3) is 0 Å². The lowest BCUT2D eigenvalue weighted by atomic mass is 10.0. The van der Waals surface area contributed by atoms with Crippen molar-refractivity contribution in [3.63, 3.8) is 0 Å². The van der Waals surface area contributed by atoms with E-state index in [-0.39, 0.29) is 42.5 Å².